The third-order valence-electron chi connectivity index (χ3n) is 2.16. The molecule has 0 unspecified atom stereocenters. The summed E-state index contributed by atoms with van der Waals surface area (Å²) < 4.78 is 0. The summed E-state index contributed by atoms with van der Waals surface area (Å²) in [7, 11) is 1.35. The average molecular weight is 263 g/mol. The first-order valence-electron chi connectivity index (χ1n) is 5.68. The zero-order valence-electron chi connectivity index (χ0n) is 11.2. The van der Waals surface area contributed by atoms with E-state index in [4.69, 9.17) is 10.6 Å². The standard InChI is InChI=1S/C13H17N3O3/c1-9(2)15-19-8-10-6-4-5-7-11(10)12(13(14)17)16-18-3/h4-7H,8H2,1-3H3,(H2,14,17)/b16-12-. The van der Waals surface area contributed by atoms with Crippen LogP contribution in [0.3, 0.4) is 0 Å². The van der Waals surface area contributed by atoms with Crippen molar-refractivity contribution in [1.29, 1.82) is 0 Å². The average Bonchev–Trinajstić information content (AvgIpc) is 2.36. The third kappa shape index (κ3) is 4.42. The van der Waals surface area contributed by atoms with Gasteiger partial charge in [0.15, 0.2) is 5.71 Å². The van der Waals surface area contributed by atoms with E-state index >= 15 is 0 Å². The van der Waals surface area contributed by atoms with Gasteiger partial charge < -0.3 is 15.4 Å². The Hall–Kier alpha value is -2.37. The fraction of sp³-hybridized carbons (Fsp3) is 0.308. The molecule has 0 aliphatic heterocycles. The second-order valence-electron chi connectivity index (χ2n) is 3.96. The molecular formula is C13H17N3O3. The Morgan fingerprint density at radius 2 is 1.95 bits per heavy atom. The second kappa shape index (κ2) is 7.15. The van der Waals surface area contributed by atoms with Crippen LogP contribution < -0.4 is 5.73 Å². The molecule has 1 aromatic carbocycles. The van der Waals surface area contributed by atoms with E-state index in [2.05, 4.69) is 15.1 Å². The lowest BCUT2D eigenvalue weighted by atomic mass is 10.0. The summed E-state index contributed by atoms with van der Waals surface area (Å²) >= 11 is 0. The van der Waals surface area contributed by atoms with Crippen molar-refractivity contribution in [2.24, 2.45) is 16.0 Å². The lowest BCUT2D eigenvalue weighted by Gasteiger charge is -2.08. The van der Waals surface area contributed by atoms with Crippen molar-refractivity contribution in [2.45, 2.75) is 20.5 Å². The van der Waals surface area contributed by atoms with Crippen LogP contribution in [0.5, 0.6) is 0 Å². The quantitative estimate of drug-likeness (QED) is 0.622. The predicted octanol–water partition coefficient (Wildman–Crippen LogP) is 1.43. The monoisotopic (exact) mass is 263 g/mol. The highest BCUT2D eigenvalue weighted by Gasteiger charge is 2.15. The number of hydrogen-bond donors (Lipinski definition) is 1. The van der Waals surface area contributed by atoms with Crippen LogP contribution in [0.15, 0.2) is 34.6 Å². The molecule has 0 atom stereocenters. The Morgan fingerprint density at radius 1 is 1.26 bits per heavy atom. The number of hydrogen-bond acceptors (Lipinski definition) is 5. The number of rotatable bonds is 6. The SMILES string of the molecule is CO/N=C(\C(N)=O)c1ccccc1CON=C(C)C. The maximum absolute atomic E-state index is 11.4. The molecule has 1 amide bonds. The molecular weight excluding hydrogens is 246 g/mol. The van der Waals surface area contributed by atoms with Gasteiger partial charge in [0.05, 0.1) is 5.71 Å². The van der Waals surface area contributed by atoms with Crippen LogP contribution in [0.4, 0.5) is 0 Å². The molecule has 0 aliphatic rings. The lowest BCUT2D eigenvalue weighted by molar-refractivity contribution is -0.112. The molecule has 6 nitrogen and oxygen atoms in total. The summed E-state index contributed by atoms with van der Waals surface area (Å²) in [6.45, 7) is 3.87. The van der Waals surface area contributed by atoms with Gasteiger partial charge in [-0.25, -0.2) is 0 Å². The van der Waals surface area contributed by atoms with Crippen molar-refractivity contribution in [3.05, 3.63) is 35.4 Å². The van der Waals surface area contributed by atoms with Crippen molar-refractivity contribution in [1.82, 2.24) is 0 Å². The molecule has 1 aromatic rings. The first-order chi connectivity index (χ1) is 9.06. The van der Waals surface area contributed by atoms with Gasteiger partial charge in [0.2, 0.25) is 0 Å². The molecule has 0 fully saturated rings. The fourth-order valence-corrected chi connectivity index (χ4v) is 1.43. The van der Waals surface area contributed by atoms with Crippen LogP contribution >= 0.6 is 0 Å². The van der Waals surface area contributed by atoms with E-state index in [9.17, 15) is 4.79 Å². The van der Waals surface area contributed by atoms with Gasteiger partial charge in [-0.1, -0.05) is 34.6 Å². The molecule has 0 saturated heterocycles. The van der Waals surface area contributed by atoms with E-state index < -0.39 is 5.91 Å². The summed E-state index contributed by atoms with van der Waals surface area (Å²) in [5.41, 5.74) is 7.46. The van der Waals surface area contributed by atoms with Crippen molar-refractivity contribution < 1.29 is 14.5 Å². The van der Waals surface area contributed by atoms with Gasteiger partial charge in [-0.3, -0.25) is 4.79 Å². The third-order valence-corrected chi connectivity index (χ3v) is 2.16. The van der Waals surface area contributed by atoms with E-state index in [1.807, 2.05) is 26.0 Å². The minimum absolute atomic E-state index is 0.0545. The highest BCUT2D eigenvalue weighted by Crippen LogP contribution is 2.12. The Labute approximate surface area is 111 Å². The molecule has 0 aliphatic carbocycles. The molecule has 102 valence electrons. The number of benzene rings is 1. The Morgan fingerprint density at radius 3 is 2.53 bits per heavy atom. The molecule has 6 heteroatoms. The summed E-state index contributed by atoms with van der Waals surface area (Å²) in [5, 5.41) is 7.49. The van der Waals surface area contributed by atoms with Crippen LogP contribution in [-0.2, 0) is 21.1 Å². The number of carbonyl (C=O) groups is 1. The number of nitrogens with two attached hydrogens (primary N) is 1. The van der Waals surface area contributed by atoms with Crippen molar-refractivity contribution in [2.75, 3.05) is 7.11 Å². The summed E-state index contributed by atoms with van der Waals surface area (Å²) in [4.78, 5) is 21.2. The van der Waals surface area contributed by atoms with Gasteiger partial charge in [0.1, 0.15) is 13.7 Å². The number of primary amides is 1. The fourth-order valence-electron chi connectivity index (χ4n) is 1.43. The normalized spacial score (nSPS) is 10.8. The number of carbonyl (C=O) groups excluding carboxylic acids is 1. The second-order valence-corrected chi connectivity index (χ2v) is 3.96. The van der Waals surface area contributed by atoms with Crippen LogP contribution in [0.1, 0.15) is 25.0 Å². The Bertz CT molecular complexity index is 506. The number of oxime groups is 2. The predicted molar refractivity (Wildman–Crippen MR) is 72.8 cm³/mol. The lowest BCUT2D eigenvalue weighted by Crippen LogP contribution is -2.25. The van der Waals surface area contributed by atoms with Crippen LogP contribution in [-0.4, -0.2) is 24.4 Å². The molecule has 1 rings (SSSR count). The molecule has 2 N–H and O–H groups in total. The van der Waals surface area contributed by atoms with Gasteiger partial charge in [0.25, 0.3) is 5.91 Å². The van der Waals surface area contributed by atoms with E-state index in [0.717, 1.165) is 11.3 Å². The maximum atomic E-state index is 11.4. The summed E-state index contributed by atoms with van der Waals surface area (Å²) in [6, 6.07) is 7.14. The first kappa shape index (κ1) is 14.7. The van der Waals surface area contributed by atoms with E-state index in [-0.39, 0.29) is 12.3 Å². The van der Waals surface area contributed by atoms with Gasteiger partial charge in [-0.15, -0.1) is 0 Å². The molecule has 0 heterocycles. The molecule has 0 spiro atoms. The summed E-state index contributed by atoms with van der Waals surface area (Å²) in [6.07, 6.45) is 0. The zero-order valence-corrected chi connectivity index (χ0v) is 11.2. The van der Waals surface area contributed by atoms with E-state index in [1.165, 1.54) is 7.11 Å². The Balaban J connectivity index is 3.04. The smallest absolute Gasteiger partial charge is 0.271 e. The molecule has 0 saturated carbocycles. The number of amides is 1. The highest BCUT2D eigenvalue weighted by molar-refractivity contribution is 6.45. The molecule has 19 heavy (non-hydrogen) atoms. The molecule has 0 aromatic heterocycles. The minimum Gasteiger partial charge on any atom is -0.398 e. The van der Waals surface area contributed by atoms with Crippen LogP contribution in [0, 0.1) is 0 Å². The van der Waals surface area contributed by atoms with Crippen molar-refractivity contribution >= 4 is 17.3 Å². The van der Waals surface area contributed by atoms with Crippen LogP contribution in [0.2, 0.25) is 0 Å². The zero-order chi connectivity index (χ0) is 14.3. The van der Waals surface area contributed by atoms with E-state index in [0.29, 0.717) is 5.56 Å². The topological polar surface area (TPSA) is 86.3 Å². The van der Waals surface area contributed by atoms with Gasteiger partial charge in [-0.2, -0.15) is 0 Å². The molecule has 0 bridgehead atoms. The van der Waals surface area contributed by atoms with Gasteiger partial charge in [-0.05, 0) is 13.8 Å². The van der Waals surface area contributed by atoms with Crippen molar-refractivity contribution in [3.63, 3.8) is 0 Å². The minimum atomic E-state index is -0.663. The maximum Gasteiger partial charge on any atom is 0.271 e. The van der Waals surface area contributed by atoms with Crippen molar-refractivity contribution in [3.8, 4) is 0 Å². The first-order valence-corrected chi connectivity index (χ1v) is 5.68. The van der Waals surface area contributed by atoms with Gasteiger partial charge >= 0.3 is 0 Å². The van der Waals surface area contributed by atoms with Gasteiger partial charge in [0, 0.05) is 11.1 Å². The van der Waals surface area contributed by atoms with E-state index in [1.54, 1.807) is 12.1 Å². The highest BCUT2D eigenvalue weighted by atomic mass is 16.6. The number of nitrogens with zero attached hydrogens (tertiary/aromatic N) is 2. The Kier molecular flexibility index (Phi) is 5.53. The largest absolute Gasteiger partial charge is 0.398 e. The molecule has 0 radical (unpaired) electrons. The van der Waals surface area contributed by atoms with Crippen LogP contribution in [0.25, 0.3) is 0 Å². The summed E-state index contributed by atoms with van der Waals surface area (Å²) in [5.74, 6) is -0.663.